The van der Waals surface area contributed by atoms with Gasteiger partial charge in [0.2, 0.25) is 5.91 Å². The molecule has 2 atom stereocenters. The van der Waals surface area contributed by atoms with Crippen LogP contribution >= 0.6 is 0 Å². The van der Waals surface area contributed by atoms with E-state index in [1.54, 1.807) is 6.92 Å². The molecule has 0 radical (unpaired) electrons. The van der Waals surface area contributed by atoms with E-state index in [9.17, 15) is 4.79 Å². The Bertz CT molecular complexity index is 472. The van der Waals surface area contributed by atoms with E-state index in [-0.39, 0.29) is 12.1 Å². The molecule has 1 aliphatic rings. The minimum Gasteiger partial charge on any atom is -0.307 e. The number of nitrogens with zero attached hydrogens (tertiary/aromatic N) is 2. The van der Waals surface area contributed by atoms with Crippen molar-refractivity contribution < 1.29 is 9.28 Å². The number of allylic oxidation sites excluding steroid dienone is 2. The maximum atomic E-state index is 11.5. The van der Waals surface area contributed by atoms with E-state index in [2.05, 4.69) is 38.2 Å². The molecule has 0 saturated heterocycles. The van der Waals surface area contributed by atoms with Crippen LogP contribution < -0.4 is 5.32 Å². The molecule has 0 aromatic rings. The number of amidine groups is 1. The quantitative estimate of drug-likeness (QED) is 0.225. The third-order valence-corrected chi connectivity index (χ3v) is 5.94. The summed E-state index contributed by atoms with van der Waals surface area (Å²) in [6.07, 6.45) is 19.0. The van der Waals surface area contributed by atoms with Crippen LogP contribution in [0.4, 0.5) is 0 Å². The first-order valence-electron chi connectivity index (χ1n) is 11.4. The van der Waals surface area contributed by atoms with E-state index in [0.717, 1.165) is 43.4 Å². The van der Waals surface area contributed by atoms with Crippen LogP contribution in [0, 0.1) is 0 Å². The Kier molecular flexibility index (Phi) is 12.3. The number of nitrogens with one attached hydrogen (secondary N) is 1. The number of unbranched alkanes of at least 4 members (excludes halogenated alkanes) is 8. The first kappa shape index (κ1) is 23.9. The Morgan fingerprint density at radius 1 is 1.07 bits per heavy atom. The van der Waals surface area contributed by atoms with E-state index in [1.807, 2.05) is 0 Å². The summed E-state index contributed by atoms with van der Waals surface area (Å²) in [6.45, 7) is 11.1. The summed E-state index contributed by atoms with van der Waals surface area (Å²) in [6, 6.07) is 0. The molecule has 0 saturated carbocycles. The molecule has 156 valence electrons. The van der Waals surface area contributed by atoms with Crippen LogP contribution in [0.1, 0.15) is 98.3 Å². The van der Waals surface area contributed by atoms with Crippen molar-refractivity contribution in [3.63, 3.8) is 0 Å². The number of hydrogen-bond donors (Lipinski definition) is 1. The molecule has 1 aliphatic heterocycles. The second-order valence-corrected chi connectivity index (χ2v) is 8.02. The predicted molar refractivity (Wildman–Crippen MR) is 117 cm³/mol. The van der Waals surface area contributed by atoms with E-state index in [1.165, 1.54) is 57.2 Å². The maximum Gasteiger partial charge on any atom is 0.221 e. The number of likely N-dealkylation sites (N-methyl/N-ethyl adjacent to an activating group) is 1. The van der Waals surface area contributed by atoms with Crippen molar-refractivity contribution >= 4 is 11.7 Å². The van der Waals surface area contributed by atoms with Crippen LogP contribution in [0.3, 0.4) is 0 Å². The zero-order valence-electron chi connectivity index (χ0n) is 18.4. The normalized spacial score (nSPS) is 20.8. The van der Waals surface area contributed by atoms with Gasteiger partial charge in [-0.25, -0.2) is 4.99 Å². The highest BCUT2D eigenvalue weighted by Crippen LogP contribution is 2.22. The standard InChI is InChI=1S/C23H43N3O/c1-5-7-8-9-10-11-12-13-14-15-16-17-18-23-24-19-20-26(23,6-2)21(3)25-22(4)27/h14-15,21H,5-13,16-20H2,1-4H3/p+1/b15-14+. The van der Waals surface area contributed by atoms with Gasteiger partial charge in [0.1, 0.15) is 6.54 Å². The highest BCUT2D eigenvalue weighted by molar-refractivity contribution is 5.78. The average molecular weight is 379 g/mol. The molecule has 0 aromatic heterocycles. The lowest BCUT2D eigenvalue weighted by Crippen LogP contribution is -2.62. The Morgan fingerprint density at radius 3 is 2.33 bits per heavy atom. The van der Waals surface area contributed by atoms with Crippen molar-refractivity contribution in [3.05, 3.63) is 12.2 Å². The molecule has 1 N–H and O–H groups in total. The molecular weight excluding hydrogens is 334 g/mol. The van der Waals surface area contributed by atoms with Gasteiger partial charge in [-0.1, -0.05) is 57.6 Å². The number of quaternary nitrogens is 1. The van der Waals surface area contributed by atoms with Crippen LogP contribution in [0.5, 0.6) is 0 Å². The van der Waals surface area contributed by atoms with Gasteiger partial charge in [0.25, 0.3) is 0 Å². The van der Waals surface area contributed by atoms with Gasteiger partial charge in [-0.2, -0.15) is 0 Å². The minimum absolute atomic E-state index is 0.0491. The number of aliphatic imine (C=N–C) groups is 1. The molecule has 0 aliphatic carbocycles. The SMILES string of the molecule is CCCCCCCCC/C=C/CCCC1=NCC[N+]1(CC)C(C)NC(C)=O. The maximum absolute atomic E-state index is 11.5. The van der Waals surface area contributed by atoms with Crippen molar-refractivity contribution in [2.24, 2.45) is 4.99 Å². The molecule has 2 unspecified atom stereocenters. The molecule has 0 bridgehead atoms. The summed E-state index contributed by atoms with van der Waals surface area (Å²) < 4.78 is 0.835. The monoisotopic (exact) mass is 378 g/mol. The third-order valence-electron chi connectivity index (χ3n) is 5.94. The highest BCUT2D eigenvalue weighted by Gasteiger charge is 2.41. The van der Waals surface area contributed by atoms with Gasteiger partial charge in [-0.15, -0.1) is 0 Å². The Balaban J connectivity index is 2.22. The lowest BCUT2D eigenvalue weighted by atomic mass is 10.1. The van der Waals surface area contributed by atoms with Crippen LogP contribution in [-0.4, -0.2) is 42.0 Å². The van der Waals surface area contributed by atoms with Crippen molar-refractivity contribution in [2.45, 2.75) is 104 Å². The van der Waals surface area contributed by atoms with Gasteiger partial charge in [-0.3, -0.25) is 9.28 Å². The summed E-state index contributed by atoms with van der Waals surface area (Å²) in [5.41, 5.74) is 0. The molecule has 1 amide bonds. The molecule has 27 heavy (non-hydrogen) atoms. The number of carbonyl (C=O) groups excluding carboxylic acids is 1. The van der Waals surface area contributed by atoms with E-state index >= 15 is 0 Å². The van der Waals surface area contributed by atoms with Crippen molar-refractivity contribution in [3.8, 4) is 0 Å². The van der Waals surface area contributed by atoms with Crippen LogP contribution in [0.25, 0.3) is 0 Å². The third kappa shape index (κ3) is 8.59. The molecule has 1 heterocycles. The Labute approximate surface area is 168 Å². The smallest absolute Gasteiger partial charge is 0.221 e. The Morgan fingerprint density at radius 2 is 1.70 bits per heavy atom. The summed E-state index contributed by atoms with van der Waals surface area (Å²) in [5.74, 6) is 1.33. The van der Waals surface area contributed by atoms with E-state index in [0.29, 0.717) is 0 Å². The molecule has 0 spiro atoms. The molecule has 0 aromatic carbocycles. The zero-order valence-corrected chi connectivity index (χ0v) is 18.4. The number of amides is 1. The fourth-order valence-electron chi connectivity index (χ4n) is 4.21. The van der Waals surface area contributed by atoms with Crippen molar-refractivity contribution in [1.29, 1.82) is 0 Å². The lowest BCUT2D eigenvalue weighted by Gasteiger charge is -2.39. The van der Waals surface area contributed by atoms with Crippen LogP contribution in [-0.2, 0) is 4.79 Å². The molecule has 4 heteroatoms. The van der Waals surface area contributed by atoms with Crippen LogP contribution in [0.2, 0.25) is 0 Å². The summed E-state index contributed by atoms with van der Waals surface area (Å²) in [4.78, 5) is 16.3. The average Bonchev–Trinajstić information content (AvgIpc) is 3.06. The minimum atomic E-state index is 0.0491. The first-order valence-corrected chi connectivity index (χ1v) is 11.4. The summed E-state index contributed by atoms with van der Waals surface area (Å²) in [5, 5.41) is 3.09. The van der Waals surface area contributed by atoms with Gasteiger partial charge in [0.15, 0.2) is 12.0 Å². The molecule has 1 rings (SSSR count). The summed E-state index contributed by atoms with van der Waals surface area (Å²) in [7, 11) is 0. The number of rotatable bonds is 15. The van der Waals surface area contributed by atoms with Gasteiger partial charge < -0.3 is 5.32 Å². The highest BCUT2D eigenvalue weighted by atomic mass is 16.1. The second-order valence-electron chi connectivity index (χ2n) is 8.02. The van der Waals surface area contributed by atoms with Crippen LogP contribution in [0.15, 0.2) is 17.1 Å². The van der Waals surface area contributed by atoms with Crippen molar-refractivity contribution in [1.82, 2.24) is 5.32 Å². The fourth-order valence-corrected chi connectivity index (χ4v) is 4.21. The lowest BCUT2D eigenvalue weighted by molar-refractivity contribution is -0.861. The summed E-state index contributed by atoms with van der Waals surface area (Å²) >= 11 is 0. The number of hydrogen-bond acceptors (Lipinski definition) is 2. The van der Waals surface area contributed by atoms with Gasteiger partial charge >= 0.3 is 0 Å². The molecule has 0 fully saturated rings. The topological polar surface area (TPSA) is 41.5 Å². The largest absolute Gasteiger partial charge is 0.307 e. The van der Waals surface area contributed by atoms with Gasteiger partial charge in [0, 0.05) is 20.3 Å². The van der Waals surface area contributed by atoms with Crippen molar-refractivity contribution in [2.75, 3.05) is 19.6 Å². The van der Waals surface area contributed by atoms with Gasteiger partial charge in [-0.05, 0) is 32.6 Å². The molecular formula is C23H44N3O+. The Hall–Kier alpha value is -1.16. The number of carbonyl (C=O) groups is 1. The molecule has 4 nitrogen and oxygen atoms in total. The second kappa shape index (κ2) is 13.9. The van der Waals surface area contributed by atoms with E-state index < -0.39 is 0 Å². The first-order chi connectivity index (χ1) is 13.1. The zero-order chi connectivity index (χ0) is 20.0. The predicted octanol–water partition coefficient (Wildman–Crippen LogP) is 5.58. The fraction of sp³-hybridized carbons (Fsp3) is 0.826. The van der Waals surface area contributed by atoms with E-state index in [4.69, 9.17) is 4.99 Å². The van der Waals surface area contributed by atoms with Gasteiger partial charge in [0.05, 0.1) is 13.1 Å².